The van der Waals surface area contributed by atoms with Gasteiger partial charge in [-0.2, -0.15) is 25.2 Å². The van der Waals surface area contributed by atoms with Gasteiger partial charge in [0.1, 0.15) is 5.69 Å². The van der Waals surface area contributed by atoms with E-state index >= 15 is 4.39 Å². The summed E-state index contributed by atoms with van der Waals surface area (Å²) in [6.07, 6.45) is 6.43. The number of morpholine rings is 1. The van der Waals surface area contributed by atoms with Gasteiger partial charge in [0, 0.05) is 6.54 Å². The minimum absolute atomic E-state index is 0.166. The Hall–Kier alpha value is -3.92. The molecule has 2 aromatic heterocycles. The normalized spacial score (nSPS) is 16.2. The molecule has 1 unspecified atom stereocenters. The van der Waals surface area contributed by atoms with Crippen LogP contribution in [0.5, 0.6) is 0 Å². The highest BCUT2D eigenvalue weighted by Crippen LogP contribution is 2.24. The van der Waals surface area contributed by atoms with Crippen LogP contribution in [-0.2, 0) is 11.2 Å². The van der Waals surface area contributed by atoms with Crippen LogP contribution in [0, 0.1) is 12.7 Å². The van der Waals surface area contributed by atoms with Crippen LogP contribution < -0.4 is 0 Å². The third kappa shape index (κ3) is 4.12. The van der Waals surface area contributed by atoms with Crippen molar-refractivity contribution >= 4 is 5.91 Å². The molecule has 10 heteroatoms. The molecule has 33 heavy (non-hydrogen) atoms. The fourth-order valence-electron chi connectivity index (χ4n) is 4.05. The van der Waals surface area contributed by atoms with Gasteiger partial charge in [0.15, 0.2) is 5.82 Å². The highest BCUT2D eigenvalue weighted by Gasteiger charge is 2.31. The zero-order valence-electron chi connectivity index (χ0n) is 18.0. The van der Waals surface area contributed by atoms with Crippen molar-refractivity contribution in [2.75, 3.05) is 19.8 Å². The molecule has 2 aromatic carbocycles. The number of rotatable bonds is 5. The summed E-state index contributed by atoms with van der Waals surface area (Å²) < 4.78 is 20.9. The number of hydrogen-bond donors (Lipinski definition) is 0. The zero-order valence-corrected chi connectivity index (χ0v) is 18.0. The molecule has 168 valence electrons. The molecule has 0 N–H and O–H groups in total. The van der Waals surface area contributed by atoms with Crippen molar-refractivity contribution in [2.45, 2.75) is 19.4 Å². The van der Waals surface area contributed by atoms with Crippen LogP contribution >= 0.6 is 0 Å². The van der Waals surface area contributed by atoms with Gasteiger partial charge in [0.05, 0.1) is 55.3 Å². The van der Waals surface area contributed by atoms with Crippen molar-refractivity contribution in [3.05, 3.63) is 83.7 Å². The molecule has 1 fully saturated rings. The predicted octanol–water partition coefficient (Wildman–Crippen LogP) is 2.38. The molecule has 1 atom stereocenters. The number of carbonyl (C=O) groups is 1. The molecule has 1 saturated heterocycles. The Balaban J connectivity index is 1.45. The number of ether oxygens (including phenoxy) is 1. The van der Waals surface area contributed by atoms with Gasteiger partial charge in [-0.1, -0.05) is 18.2 Å². The first-order valence-corrected chi connectivity index (χ1v) is 10.6. The van der Waals surface area contributed by atoms with Gasteiger partial charge < -0.3 is 9.64 Å². The lowest BCUT2D eigenvalue weighted by atomic mass is 10.0. The van der Waals surface area contributed by atoms with Gasteiger partial charge in [0.2, 0.25) is 0 Å². The van der Waals surface area contributed by atoms with E-state index in [2.05, 4.69) is 20.4 Å². The maximum absolute atomic E-state index is 15.3. The van der Waals surface area contributed by atoms with Crippen LogP contribution in [-0.4, -0.2) is 66.6 Å². The average Bonchev–Trinajstić information content (AvgIpc) is 3.55. The molecular weight excluding hydrogens is 425 g/mol. The summed E-state index contributed by atoms with van der Waals surface area (Å²) in [5, 5.41) is 16.4. The lowest BCUT2D eigenvalue weighted by Gasteiger charge is -2.36. The molecule has 1 aliphatic heterocycles. The monoisotopic (exact) mass is 447 g/mol. The van der Waals surface area contributed by atoms with E-state index in [1.165, 1.54) is 22.0 Å². The first-order valence-electron chi connectivity index (χ1n) is 10.6. The second-order valence-corrected chi connectivity index (χ2v) is 7.84. The van der Waals surface area contributed by atoms with Gasteiger partial charge in [0.25, 0.3) is 5.91 Å². The Morgan fingerprint density at radius 3 is 2.45 bits per heavy atom. The van der Waals surface area contributed by atoms with Crippen molar-refractivity contribution in [2.24, 2.45) is 0 Å². The van der Waals surface area contributed by atoms with Crippen LogP contribution in [0.2, 0.25) is 0 Å². The SMILES string of the molecule is Cc1ccc(C(=O)N2CCOCC2Cc2cccc(-n3nccn3)c2F)c(-n2nccn2)c1. The predicted molar refractivity (Wildman–Crippen MR) is 117 cm³/mol. The number of amides is 1. The second-order valence-electron chi connectivity index (χ2n) is 7.84. The van der Waals surface area contributed by atoms with Crippen molar-refractivity contribution in [1.29, 1.82) is 0 Å². The molecule has 0 spiro atoms. The first-order chi connectivity index (χ1) is 16.1. The molecule has 0 radical (unpaired) electrons. The van der Waals surface area contributed by atoms with Crippen molar-refractivity contribution in [3.63, 3.8) is 0 Å². The fraction of sp³-hybridized carbons (Fsp3) is 0.261. The Kier molecular flexibility index (Phi) is 5.66. The van der Waals surface area contributed by atoms with E-state index in [1.807, 2.05) is 19.1 Å². The smallest absolute Gasteiger partial charge is 0.256 e. The second kappa shape index (κ2) is 8.91. The van der Waals surface area contributed by atoms with Gasteiger partial charge in [-0.25, -0.2) is 4.39 Å². The van der Waals surface area contributed by atoms with Crippen LogP contribution in [0.1, 0.15) is 21.5 Å². The Morgan fingerprint density at radius 1 is 1.03 bits per heavy atom. The lowest BCUT2D eigenvalue weighted by Crippen LogP contribution is -2.50. The topological polar surface area (TPSA) is 91.0 Å². The number of hydrogen-bond acceptors (Lipinski definition) is 6. The number of benzene rings is 2. The highest BCUT2D eigenvalue weighted by molar-refractivity contribution is 5.98. The van der Waals surface area contributed by atoms with Crippen LogP contribution in [0.25, 0.3) is 11.4 Å². The zero-order chi connectivity index (χ0) is 22.8. The highest BCUT2D eigenvalue weighted by atomic mass is 19.1. The van der Waals surface area contributed by atoms with Crippen LogP contribution in [0.15, 0.2) is 61.2 Å². The standard InChI is InChI=1S/C23H22FN7O2/c1-16-5-6-19(21(13-16)31-27-9-10-28-31)23(32)29-11-12-33-15-18(29)14-17-3-2-4-20(22(17)24)30-25-7-8-26-30/h2-10,13,18H,11-12,14-15H2,1H3. The number of aromatic nitrogens is 6. The minimum Gasteiger partial charge on any atom is -0.377 e. The average molecular weight is 447 g/mol. The maximum Gasteiger partial charge on any atom is 0.256 e. The number of halogens is 1. The first kappa shape index (κ1) is 21.0. The third-order valence-corrected chi connectivity index (χ3v) is 5.65. The molecule has 9 nitrogen and oxygen atoms in total. The molecule has 5 rings (SSSR count). The summed E-state index contributed by atoms with van der Waals surface area (Å²) in [5.41, 5.74) is 2.81. The van der Waals surface area contributed by atoms with Crippen LogP contribution in [0.3, 0.4) is 0 Å². The third-order valence-electron chi connectivity index (χ3n) is 5.65. The molecule has 0 bridgehead atoms. The van der Waals surface area contributed by atoms with Gasteiger partial charge in [-0.05, 0) is 42.7 Å². The molecule has 1 aliphatic rings. The fourth-order valence-corrected chi connectivity index (χ4v) is 4.05. The van der Waals surface area contributed by atoms with E-state index < -0.39 is 5.82 Å². The summed E-state index contributed by atoms with van der Waals surface area (Å²) in [6.45, 7) is 3.09. The van der Waals surface area contributed by atoms with Gasteiger partial charge in [-0.3, -0.25) is 4.79 Å². The molecule has 4 aromatic rings. The van der Waals surface area contributed by atoms with E-state index in [4.69, 9.17) is 4.74 Å². The number of carbonyl (C=O) groups excluding carboxylic acids is 1. The number of aryl methyl sites for hydroxylation is 1. The van der Waals surface area contributed by atoms with E-state index in [9.17, 15) is 4.79 Å². The molecule has 0 saturated carbocycles. The molecule has 3 heterocycles. The Bertz CT molecular complexity index is 1260. The van der Waals surface area contributed by atoms with Crippen molar-refractivity contribution < 1.29 is 13.9 Å². The summed E-state index contributed by atoms with van der Waals surface area (Å²) in [6, 6.07) is 10.3. The molecule has 0 aliphatic carbocycles. The largest absolute Gasteiger partial charge is 0.377 e. The quantitative estimate of drug-likeness (QED) is 0.467. The maximum atomic E-state index is 15.3. The summed E-state index contributed by atoms with van der Waals surface area (Å²) in [5.74, 6) is -0.579. The van der Waals surface area contributed by atoms with E-state index in [0.29, 0.717) is 43.0 Å². The van der Waals surface area contributed by atoms with Gasteiger partial charge >= 0.3 is 0 Å². The summed E-state index contributed by atoms with van der Waals surface area (Å²) in [4.78, 5) is 18.1. The Morgan fingerprint density at radius 2 is 1.73 bits per heavy atom. The van der Waals surface area contributed by atoms with E-state index in [-0.39, 0.29) is 17.6 Å². The number of nitrogens with zero attached hydrogens (tertiary/aromatic N) is 7. The van der Waals surface area contributed by atoms with Gasteiger partial charge in [-0.15, -0.1) is 4.80 Å². The van der Waals surface area contributed by atoms with Crippen molar-refractivity contribution in [3.8, 4) is 11.4 Å². The van der Waals surface area contributed by atoms with E-state index in [0.717, 1.165) is 5.56 Å². The summed E-state index contributed by atoms with van der Waals surface area (Å²) in [7, 11) is 0. The van der Waals surface area contributed by atoms with E-state index in [1.54, 1.807) is 41.6 Å². The Labute approximate surface area is 189 Å². The van der Waals surface area contributed by atoms with Crippen LogP contribution in [0.4, 0.5) is 4.39 Å². The molecule has 1 amide bonds. The summed E-state index contributed by atoms with van der Waals surface area (Å²) >= 11 is 0. The molecular formula is C23H22FN7O2. The lowest BCUT2D eigenvalue weighted by molar-refractivity contribution is -0.00185. The van der Waals surface area contributed by atoms with Crippen molar-refractivity contribution in [1.82, 2.24) is 34.9 Å². The minimum atomic E-state index is -0.413.